The van der Waals surface area contributed by atoms with Crippen molar-refractivity contribution < 1.29 is 4.74 Å². The van der Waals surface area contributed by atoms with E-state index in [0.717, 1.165) is 19.7 Å². The second-order valence-corrected chi connectivity index (χ2v) is 5.65. The summed E-state index contributed by atoms with van der Waals surface area (Å²) < 4.78 is 5.13. The van der Waals surface area contributed by atoms with E-state index in [9.17, 15) is 0 Å². The van der Waals surface area contributed by atoms with Crippen LogP contribution in [0.25, 0.3) is 0 Å². The number of likely N-dealkylation sites (N-methyl/N-ethyl adjacent to an activating group) is 1. The zero-order valence-electron chi connectivity index (χ0n) is 12.3. The maximum absolute atomic E-state index is 5.13. The van der Waals surface area contributed by atoms with Crippen LogP contribution in [-0.2, 0) is 11.3 Å². The van der Waals surface area contributed by atoms with Gasteiger partial charge in [-0.3, -0.25) is 0 Å². The van der Waals surface area contributed by atoms with Gasteiger partial charge in [-0.15, -0.1) is 0 Å². The molecule has 1 N–H and O–H groups in total. The van der Waals surface area contributed by atoms with Gasteiger partial charge in [0.25, 0.3) is 0 Å². The Bertz CT molecular complexity index is 358. The van der Waals surface area contributed by atoms with Crippen molar-refractivity contribution in [1.82, 2.24) is 5.32 Å². The summed E-state index contributed by atoms with van der Waals surface area (Å²) in [4.78, 5) is 2.24. The van der Waals surface area contributed by atoms with Crippen LogP contribution in [-0.4, -0.2) is 32.8 Å². The molecule has 3 nitrogen and oxygen atoms in total. The van der Waals surface area contributed by atoms with E-state index in [2.05, 4.69) is 62.3 Å². The fraction of sp³-hybridized carbons (Fsp3) is 0.600. The molecule has 0 amide bonds. The Balaban J connectivity index is 2.72. The van der Waals surface area contributed by atoms with Crippen LogP contribution in [0.5, 0.6) is 0 Å². The number of hydrogen-bond acceptors (Lipinski definition) is 3. The number of nitrogens with one attached hydrogen (secondary N) is 1. The summed E-state index contributed by atoms with van der Waals surface area (Å²) in [6, 6.07) is 8.51. The van der Waals surface area contributed by atoms with Gasteiger partial charge in [0.15, 0.2) is 0 Å². The van der Waals surface area contributed by atoms with Gasteiger partial charge in [-0.05, 0) is 32.4 Å². The first-order chi connectivity index (χ1) is 8.44. The van der Waals surface area contributed by atoms with E-state index in [1.165, 1.54) is 11.3 Å². The summed E-state index contributed by atoms with van der Waals surface area (Å²) in [6.07, 6.45) is 0. The topological polar surface area (TPSA) is 24.5 Å². The van der Waals surface area contributed by atoms with Gasteiger partial charge >= 0.3 is 0 Å². The van der Waals surface area contributed by atoms with E-state index in [1.807, 2.05) is 0 Å². The molecule has 3 heteroatoms. The van der Waals surface area contributed by atoms with Crippen molar-refractivity contribution in [2.24, 2.45) is 0 Å². The second kappa shape index (κ2) is 6.76. The minimum absolute atomic E-state index is 0.137. The van der Waals surface area contributed by atoms with E-state index in [-0.39, 0.29) is 5.54 Å². The number of benzene rings is 1. The van der Waals surface area contributed by atoms with Gasteiger partial charge in [-0.2, -0.15) is 0 Å². The molecule has 1 aromatic rings. The molecule has 0 radical (unpaired) electrons. The highest BCUT2D eigenvalue weighted by Crippen LogP contribution is 2.19. The average molecular weight is 250 g/mol. The highest BCUT2D eigenvalue weighted by Gasteiger charge is 2.11. The Kier molecular flexibility index (Phi) is 5.63. The first-order valence-corrected chi connectivity index (χ1v) is 6.47. The highest BCUT2D eigenvalue weighted by molar-refractivity contribution is 5.53. The molecule has 0 bridgehead atoms. The number of hydrogen-bond donors (Lipinski definition) is 1. The Hall–Kier alpha value is -1.06. The van der Waals surface area contributed by atoms with Gasteiger partial charge in [0.05, 0.1) is 6.61 Å². The summed E-state index contributed by atoms with van der Waals surface area (Å²) in [7, 11) is 3.84. The van der Waals surface area contributed by atoms with E-state index >= 15 is 0 Å². The molecule has 0 aliphatic heterocycles. The smallest absolute Gasteiger partial charge is 0.0637 e. The SMILES string of the molecule is COCCN(C)c1ccccc1CNC(C)(C)C. The fourth-order valence-electron chi connectivity index (χ4n) is 1.74. The largest absolute Gasteiger partial charge is 0.383 e. The molecular formula is C15H26N2O. The number of ether oxygens (including phenoxy) is 1. The van der Waals surface area contributed by atoms with Crippen LogP contribution in [0.4, 0.5) is 5.69 Å². The highest BCUT2D eigenvalue weighted by atomic mass is 16.5. The molecule has 0 heterocycles. The normalized spacial score (nSPS) is 11.6. The average Bonchev–Trinajstić information content (AvgIpc) is 2.33. The van der Waals surface area contributed by atoms with Gasteiger partial charge in [0, 0.05) is 38.5 Å². The Morgan fingerprint density at radius 1 is 1.22 bits per heavy atom. The minimum Gasteiger partial charge on any atom is -0.383 e. The third kappa shape index (κ3) is 5.07. The van der Waals surface area contributed by atoms with Crippen LogP contribution in [0.3, 0.4) is 0 Å². The standard InChI is InChI=1S/C15H26N2O/c1-15(2,3)16-12-13-8-6-7-9-14(13)17(4)10-11-18-5/h6-9,16H,10-12H2,1-5H3. The Morgan fingerprint density at radius 2 is 1.89 bits per heavy atom. The number of anilines is 1. The lowest BCUT2D eigenvalue weighted by Crippen LogP contribution is -2.35. The van der Waals surface area contributed by atoms with Crippen LogP contribution in [0.1, 0.15) is 26.3 Å². The summed E-state index contributed by atoms with van der Waals surface area (Å²) in [5.41, 5.74) is 2.73. The third-order valence-corrected chi connectivity index (χ3v) is 2.84. The van der Waals surface area contributed by atoms with Gasteiger partial charge < -0.3 is 15.0 Å². The summed E-state index contributed by atoms with van der Waals surface area (Å²) in [5.74, 6) is 0. The van der Waals surface area contributed by atoms with E-state index in [1.54, 1.807) is 7.11 Å². The molecule has 1 rings (SSSR count). The van der Waals surface area contributed by atoms with Gasteiger partial charge in [0.1, 0.15) is 0 Å². The molecule has 0 saturated carbocycles. The molecule has 0 aliphatic rings. The van der Waals surface area contributed by atoms with Gasteiger partial charge in [-0.25, -0.2) is 0 Å². The van der Waals surface area contributed by atoms with E-state index in [4.69, 9.17) is 4.74 Å². The first kappa shape index (κ1) is 15.0. The lowest BCUT2D eigenvalue weighted by Gasteiger charge is -2.25. The van der Waals surface area contributed by atoms with Crippen molar-refractivity contribution in [2.45, 2.75) is 32.9 Å². The molecule has 0 aromatic heterocycles. The lowest BCUT2D eigenvalue weighted by molar-refractivity contribution is 0.206. The summed E-state index contributed by atoms with van der Waals surface area (Å²) in [5, 5.41) is 3.53. The third-order valence-electron chi connectivity index (χ3n) is 2.84. The molecule has 0 unspecified atom stereocenters. The van der Waals surface area contributed by atoms with Crippen LogP contribution < -0.4 is 10.2 Å². The number of nitrogens with zero attached hydrogens (tertiary/aromatic N) is 1. The predicted octanol–water partition coefficient (Wildman–Crippen LogP) is 2.66. The van der Waals surface area contributed by atoms with Crippen molar-refractivity contribution in [3.63, 3.8) is 0 Å². The molecule has 0 aliphatic carbocycles. The first-order valence-electron chi connectivity index (χ1n) is 6.47. The molecular weight excluding hydrogens is 224 g/mol. The monoisotopic (exact) mass is 250 g/mol. The molecule has 0 spiro atoms. The summed E-state index contributed by atoms with van der Waals surface area (Å²) >= 11 is 0. The second-order valence-electron chi connectivity index (χ2n) is 5.65. The van der Waals surface area contributed by atoms with Crippen LogP contribution >= 0.6 is 0 Å². The fourth-order valence-corrected chi connectivity index (χ4v) is 1.74. The molecule has 0 fully saturated rings. The lowest BCUT2D eigenvalue weighted by atomic mass is 10.1. The molecule has 102 valence electrons. The predicted molar refractivity (Wildman–Crippen MR) is 78.2 cm³/mol. The minimum atomic E-state index is 0.137. The van der Waals surface area contributed by atoms with Crippen molar-refractivity contribution >= 4 is 5.69 Å². The van der Waals surface area contributed by atoms with Crippen molar-refractivity contribution in [3.05, 3.63) is 29.8 Å². The maximum atomic E-state index is 5.13. The van der Waals surface area contributed by atoms with Crippen LogP contribution in [0.15, 0.2) is 24.3 Å². The zero-order valence-corrected chi connectivity index (χ0v) is 12.3. The molecule has 0 atom stereocenters. The Morgan fingerprint density at radius 3 is 2.50 bits per heavy atom. The van der Waals surface area contributed by atoms with Gasteiger partial charge in [0.2, 0.25) is 0 Å². The van der Waals surface area contributed by atoms with Crippen molar-refractivity contribution in [1.29, 1.82) is 0 Å². The van der Waals surface area contributed by atoms with Gasteiger partial charge in [-0.1, -0.05) is 18.2 Å². The number of methoxy groups -OCH3 is 1. The maximum Gasteiger partial charge on any atom is 0.0637 e. The van der Waals surface area contributed by atoms with E-state index < -0.39 is 0 Å². The Labute approximate surface area is 111 Å². The quantitative estimate of drug-likeness (QED) is 0.840. The number of rotatable bonds is 6. The molecule has 0 saturated heterocycles. The number of para-hydroxylation sites is 1. The molecule has 18 heavy (non-hydrogen) atoms. The summed E-state index contributed by atoms with van der Waals surface area (Å²) in [6.45, 7) is 9.09. The van der Waals surface area contributed by atoms with Crippen LogP contribution in [0.2, 0.25) is 0 Å². The molecule has 1 aromatic carbocycles. The van der Waals surface area contributed by atoms with Crippen molar-refractivity contribution in [2.75, 3.05) is 32.2 Å². The van der Waals surface area contributed by atoms with Crippen molar-refractivity contribution in [3.8, 4) is 0 Å². The van der Waals surface area contributed by atoms with E-state index in [0.29, 0.717) is 0 Å². The van der Waals surface area contributed by atoms with Crippen LogP contribution in [0, 0.1) is 0 Å². The zero-order chi connectivity index (χ0) is 13.6.